The highest BCUT2D eigenvalue weighted by Crippen LogP contribution is 2.22. The molecule has 0 aromatic carbocycles. The van der Waals surface area contributed by atoms with Crippen molar-refractivity contribution in [3.63, 3.8) is 0 Å². The Morgan fingerprint density at radius 3 is 2.75 bits per heavy atom. The van der Waals surface area contributed by atoms with Crippen LogP contribution < -0.4 is 0 Å². The molecule has 0 unspecified atom stereocenters. The third kappa shape index (κ3) is 4.39. The highest BCUT2D eigenvalue weighted by molar-refractivity contribution is 5.68. The predicted octanol–water partition coefficient (Wildman–Crippen LogP) is 2.02. The van der Waals surface area contributed by atoms with E-state index in [4.69, 9.17) is 9.84 Å². The zero-order valence-electron chi connectivity index (χ0n) is 10.5. The van der Waals surface area contributed by atoms with Gasteiger partial charge in [0.1, 0.15) is 5.60 Å². The quantitative estimate of drug-likeness (QED) is 0.805. The summed E-state index contributed by atoms with van der Waals surface area (Å²) in [5, 5.41) is 8.75. The SMILES string of the molecule is CC(C)(C)OC(=O)N1CC[C@H](CCCO)C1. The van der Waals surface area contributed by atoms with Crippen LogP contribution in [0.2, 0.25) is 0 Å². The lowest BCUT2D eigenvalue weighted by Crippen LogP contribution is -2.35. The number of rotatable bonds is 3. The Kier molecular flexibility index (Phi) is 4.59. The van der Waals surface area contributed by atoms with Gasteiger partial charge in [0, 0.05) is 19.7 Å². The average molecular weight is 229 g/mol. The average Bonchev–Trinajstić information content (AvgIpc) is 2.60. The maximum Gasteiger partial charge on any atom is 0.410 e. The molecule has 0 aliphatic carbocycles. The molecular formula is C12H23NO3. The molecule has 0 bridgehead atoms. The Morgan fingerprint density at radius 1 is 1.50 bits per heavy atom. The van der Waals surface area contributed by atoms with Crippen LogP contribution in [0, 0.1) is 5.92 Å². The van der Waals surface area contributed by atoms with Gasteiger partial charge in [0.05, 0.1) is 0 Å². The predicted molar refractivity (Wildman–Crippen MR) is 62.2 cm³/mol. The van der Waals surface area contributed by atoms with Crippen LogP contribution in [0.4, 0.5) is 4.79 Å². The molecule has 1 rings (SSSR count). The van der Waals surface area contributed by atoms with E-state index in [1.54, 1.807) is 4.90 Å². The van der Waals surface area contributed by atoms with Gasteiger partial charge in [-0.3, -0.25) is 0 Å². The maximum atomic E-state index is 11.7. The molecule has 4 heteroatoms. The van der Waals surface area contributed by atoms with Crippen molar-refractivity contribution in [2.75, 3.05) is 19.7 Å². The first-order valence-electron chi connectivity index (χ1n) is 6.01. The first kappa shape index (κ1) is 13.3. The Hall–Kier alpha value is -0.770. The van der Waals surface area contributed by atoms with E-state index in [-0.39, 0.29) is 12.7 Å². The van der Waals surface area contributed by atoms with Crippen LogP contribution in [0.3, 0.4) is 0 Å². The number of amides is 1. The Labute approximate surface area is 97.6 Å². The summed E-state index contributed by atoms with van der Waals surface area (Å²) in [6.07, 6.45) is 2.64. The molecule has 1 amide bonds. The molecule has 1 saturated heterocycles. The van der Waals surface area contributed by atoms with Crippen molar-refractivity contribution >= 4 is 6.09 Å². The lowest BCUT2D eigenvalue weighted by atomic mass is 10.0. The zero-order chi connectivity index (χ0) is 12.2. The third-order valence-electron chi connectivity index (χ3n) is 2.71. The Balaban J connectivity index is 2.32. The molecule has 1 aliphatic heterocycles. The number of aliphatic hydroxyl groups excluding tert-OH is 1. The van der Waals surface area contributed by atoms with E-state index in [0.717, 1.165) is 32.4 Å². The first-order chi connectivity index (χ1) is 7.42. The van der Waals surface area contributed by atoms with Crippen LogP contribution in [0.5, 0.6) is 0 Å². The van der Waals surface area contributed by atoms with Gasteiger partial charge in [-0.15, -0.1) is 0 Å². The molecule has 0 aromatic heterocycles. The van der Waals surface area contributed by atoms with Crippen molar-refractivity contribution in [1.82, 2.24) is 4.90 Å². The molecule has 16 heavy (non-hydrogen) atoms. The van der Waals surface area contributed by atoms with Crippen LogP contribution in [-0.2, 0) is 4.74 Å². The highest BCUT2D eigenvalue weighted by Gasteiger charge is 2.29. The third-order valence-corrected chi connectivity index (χ3v) is 2.71. The molecule has 0 spiro atoms. The van der Waals surface area contributed by atoms with E-state index in [0.29, 0.717) is 5.92 Å². The van der Waals surface area contributed by atoms with Crippen molar-refractivity contribution < 1.29 is 14.6 Å². The van der Waals surface area contributed by atoms with Gasteiger partial charge in [-0.25, -0.2) is 4.79 Å². The van der Waals surface area contributed by atoms with Crippen LogP contribution in [0.1, 0.15) is 40.0 Å². The lowest BCUT2D eigenvalue weighted by Gasteiger charge is -2.24. The number of ether oxygens (including phenoxy) is 1. The number of carbonyl (C=O) groups is 1. The standard InChI is InChI=1S/C12H23NO3/c1-12(2,3)16-11(15)13-7-6-10(9-13)5-4-8-14/h10,14H,4-9H2,1-3H3/t10-/m0/s1. The highest BCUT2D eigenvalue weighted by atomic mass is 16.6. The second-order valence-electron chi connectivity index (χ2n) is 5.45. The van der Waals surface area contributed by atoms with Crippen molar-refractivity contribution in [3.05, 3.63) is 0 Å². The van der Waals surface area contributed by atoms with Gasteiger partial charge < -0.3 is 14.7 Å². The van der Waals surface area contributed by atoms with E-state index in [9.17, 15) is 4.79 Å². The number of nitrogens with zero attached hydrogens (tertiary/aromatic N) is 1. The van der Waals surface area contributed by atoms with E-state index < -0.39 is 5.60 Å². The lowest BCUT2D eigenvalue weighted by molar-refractivity contribution is 0.0287. The minimum atomic E-state index is -0.416. The molecule has 94 valence electrons. The topological polar surface area (TPSA) is 49.8 Å². The summed E-state index contributed by atoms with van der Waals surface area (Å²) < 4.78 is 5.31. The summed E-state index contributed by atoms with van der Waals surface area (Å²) in [5.41, 5.74) is -0.416. The second kappa shape index (κ2) is 5.53. The van der Waals surface area contributed by atoms with Crippen LogP contribution in [0.25, 0.3) is 0 Å². The van der Waals surface area contributed by atoms with Gasteiger partial charge in [-0.1, -0.05) is 0 Å². The van der Waals surface area contributed by atoms with Gasteiger partial charge >= 0.3 is 6.09 Å². The number of likely N-dealkylation sites (tertiary alicyclic amines) is 1. The number of hydrogen-bond acceptors (Lipinski definition) is 3. The Morgan fingerprint density at radius 2 is 2.19 bits per heavy atom. The zero-order valence-corrected chi connectivity index (χ0v) is 10.5. The van der Waals surface area contributed by atoms with Crippen molar-refractivity contribution in [2.24, 2.45) is 5.92 Å². The molecule has 1 atom stereocenters. The Bertz CT molecular complexity index is 235. The fourth-order valence-corrected chi connectivity index (χ4v) is 1.94. The summed E-state index contributed by atoms with van der Waals surface area (Å²) in [6, 6.07) is 0. The molecule has 0 saturated carbocycles. The molecule has 1 heterocycles. The summed E-state index contributed by atoms with van der Waals surface area (Å²) in [7, 11) is 0. The van der Waals surface area contributed by atoms with Gasteiger partial charge in [0.15, 0.2) is 0 Å². The minimum Gasteiger partial charge on any atom is -0.444 e. The van der Waals surface area contributed by atoms with Crippen molar-refractivity contribution in [1.29, 1.82) is 0 Å². The minimum absolute atomic E-state index is 0.209. The van der Waals surface area contributed by atoms with Gasteiger partial charge in [0.25, 0.3) is 0 Å². The van der Waals surface area contributed by atoms with Gasteiger partial charge in [0.2, 0.25) is 0 Å². The van der Waals surface area contributed by atoms with Crippen molar-refractivity contribution in [2.45, 2.75) is 45.6 Å². The van der Waals surface area contributed by atoms with Crippen molar-refractivity contribution in [3.8, 4) is 0 Å². The fraction of sp³-hybridized carbons (Fsp3) is 0.917. The number of carbonyl (C=O) groups excluding carboxylic acids is 1. The molecule has 1 N–H and O–H groups in total. The fourth-order valence-electron chi connectivity index (χ4n) is 1.94. The molecule has 4 nitrogen and oxygen atoms in total. The molecule has 0 radical (unpaired) electrons. The summed E-state index contributed by atoms with van der Waals surface area (Å²) >= 11 is 0. The van der Waals surface area contributed by atoms with E-state index in [2.05, 4.69) is 0 Å². The monoisotopic (exact) mass is 229 g/mol. The molecule has 1 aliphatic rings. The van der Waals surface area contributed by atoms with Gasteiger partial charge in [-0.2, -0.15) is 0 Å². The number of aliphatic hydroxyl groups is 1. The molecule has 0 aromatic rings. The summed E-state index contributed by atoms with van der Waals surface area (Å²) in [5.74, 6) is 0.527. The first-order valence-corrected chi connectivity index (χ1v) is 6.01. The number of hydrogen-bond donors (Lipinski definition) is 1. The van der Waals surface area contributed by atoms with Crippen LogP contribution in [0.15, 0.2) is 0 Å². The second-order valence-corrected chi connectivity index (χ2v) is 5.45. The van der Waals surface area contributed by atoms with E-state index >= 15 is 0 Å². The normalized spacial score (nSPS) is 21.2. The van der Waals surface area contributed by atoms with Crippen LogP contribution in [-0.4, -0.2) is 41.4 Å². The van der Waals surface area contributed by atoms with Crippen LogP contribution >= 0.6 is 0 Å². The summed E-state index contributed by atoms with van der Waals surface area (Å²) in [6.45, 7) is 7.43. The maximum absolute atomic E-state index is 11.7. The van der Waals surface area contributed by atoms with E-state index in [1.165, 1.54) is 0 Å². The molecule has 1 fully saturated rings. The smallest absolute Gasteiger partial charge is 0.410 e. The molecular weight excluding hydrogens is 206 g/mol. The van der Waals surface area contributed by atoms with E-state index in [1.807, 2.05) is 20.8 Å². The van der Waals surface area contributed by atoms with Gasteiger partial charge in [-0.05, 0) is 46.0 Å². The summed E-state index contributed by atoms with van der Waals surface area (Å²) in [4.78, 5) is 13.5. The largest absolute Gasteiger partial charge is 0.444 e.